The Balaban J connectivity index is 1.96. The van der Waals surface area contributed by atoms with E-state index in [1.807, 2.05) is 11.3 Å². The van der Waals surface area contributed by atoms with Crippen molar-refractivity contribution in [2.75, 3.05) is 6.61 Å². The van der Waals surface area contributed by atoms with Gasteiger partial charge in [-0.25, -0.2) is 0 Å². The fourth-order valence-corrected chi connectivity index (χ4v) is 4.17. The van der Waals surface area contributed by atoms with Gasteiger partial charge >= 0.3 is 0 Å². The summed E-state index contributed by atoms with van der Waals surface area (Å²) in [4.78, 5) is 3.07. The molecule has 0 atom stereocenters. The number of hydrogen-bond donors (Lipinski definition) is 1. The van der Waals surface area contributed by atoms with E-state index in [1.165, 1.54) is 43.4 Å². The third kappa shape index (κ3) is 1.10. The predicted octanol–water partition coefficient (Wildman–Crippen LogP) is 2.65. The molecule has 1 nitrogen and oxygen atoms in total. The molecule has 0 bridgehead atoms. The van der Waals surface area contributed by atoms with Crippen molar-refractivity contribution in [2.24, 2.45) is 0 Å². The smallest absolute Gasteiger partial charge is 0.0535 e. The molecule has 0 unspecified atom stereocenters. The highest BCUT2D eigenvalue weighted by atomic mass is 32.1. The molecule has 1 aromatic heterocycles. The van der Waals surface area contributed by atoms with Crippen molar-refractivity contribution in [3.8, 4) is 0 Å². The third-order valence-corrected chi connectivity index (χ3v) is 5.37. The maximum atomic E-state index is 9.49. The molecular formula is C12H16OS. The molecule has 14 heavy (non-hydrogen) atoms. The molecule has 1 N–H and O–H groups in total. The van der Waals surface area contributed by atoms with Gasteiger partial charge in [0.15, 0.2) is 0 Å². The van der Waals surface area contributed by atoms with Crippen molar-refractivity contribution in [1.29, 1.82) is 0 Å². The second-order valence-corrected chi connectivity index (χ2v) is 5.84. The van der Waals surface area contributed by atoms with Crippen LogP contribution in [-0.2, 0) is 18.3 Å². The lowest BCUT2D eigenvalue weighted by Gasteiger charge is -2.39. The summed E-state index contributed by atoms with van der Waals surface area (Å²) in [5.41, 5.74) is 1.75. The van der Waals surface area contributed by atoms with Crippen LogP contribution < -0.4 is 0 Å². The van der Waals surface area contributed by atoms with Crippen molar-refractivity contribution >= 4 is 11.3 Å². The van der Waals surface area contributed by atoms with Gasteiger partial charge in [-0.3, -0.25) is 0 Å². The number of thiophene rings is 1. The van der Waals surface area contributed by atoms with Crippen LogP contribution in [0.5, 0.6) is 0 Å². The molecular weight excluding hydrogens is 192 g/mol. The van der Waals surface area contributed by atoms with Crippen molar-refractivity contribution in [3.05, 3.63) is 21.4 Å². The van der Waals surface area contributed by atoms with Crippen LogP contribution >= 0.6 is 11.3 Å². The highest BCUT2D eigenvalue weighted by molar-refractivity contribution is 7.12. The summed E-state index contributed by atoms with van der Waals surface area (Å²) in [6.45, 7) is 0.354. The third-order valence-electron chi connectivity index (χ3n) is 3.88. The molecule has 2 aliphatic carbocycles. The van der Waals surface area contributed by atoms with E-state index in [0.717, 1.165) is 0 Å². The van der Waals surface area contributed by atoms with E-state index in [2.05, 4.69) is 6.07 Å². The number of aliphatic hydroxyl groups is 1. The quantitative estimate of drug-likeness (QED) is 0.792. The van der Waals surface area contributed by atoms with Gasteiger partial charge in [-0.15, -0.1) is 11.3 Å². The molecule has 1 heterocycles. The average molecular weight is 208 g/mol. The summed E-state index contributed by atoms with van der Waals surface area (Å²) in [5, 5.41) is 9.49. The first-order valence-electron chi connectivity index (χ1n) is 5.57. The fourth-order valence-electron chi connectivity index (χ4n) is 2.68. The van der Waals surface area contributed by atoms with Gasteiger partial charge in [0.2, 0.25) is 0 Å². The summed E-state index contributed by atoms with van der Waals surface area (Å²) in [6, 6.07) is 2.38. The number of hydrogen-bond acceptors (Lipinski definition) is 2. The summed E-state index contributed by atoms with van der Waals surface area (Å²) < 4.78 is 0. The zero-order valence-electron chi connectivity index (χ0n) is 8.38. The van der Waals surface area contributed by atoms with Crippen molar-refractivity contribution in [3.63, 3.8) is 0 Å². The Bertz CT molecular complexity index is 322. The molecule has 1 fully saturated rings. The van der Waals surface area contributed by atoms with Gasteiger partial charge < -0.3 is 5.11 Å². The van der Waals surface area contributed by atoms with E-state index < -0.39 is 0 Å². The normalized spacial score (nSPS) is 23.2. The number of rotatable bonds is 2. The topological polar surface area (TPSA) is 20.2 Å². The van der Waals surface area contributed by atoms with Crippen LogP contribution in [0, 0.1) is 0 Å². The fraction of sp³-hybridized carbons (Fsp3) is 0.667. The van der Waals surface area contributed by atoms with Gasteiger partial charge in [0.05, 0.1) is 6.61 Å². The van der Waals surface area contributed by atoms with E-state index in [4.69, 9.17) is 0 Å². The van der Waals surface area contributed by atoms with Crippen LogP contribution in [0.15, 0.2) is 6.07 Å². The maximum absolute atomic E-state index is 9.49. The Kier molecular flexibility index (Phi) is 1.96. The number of aliphatic hydroxyl groups excluding tert-OH is 1. The lowest BCUT2D eigenvalue weighted by atomic mass is 9.68. The predicted molar refractivity (Wildman–Crippen MR) is 59.0 cm³/mol. The van der Waals surface area contributed by atoms with E-state index >= 15 is 0 Å². The monoisotopic (exact) mass is 208 g/mol. The van der Waals surface area contributed by atoms with Crippen LogP contribution in [0.2, 0.25) is 0 Å². The van der Waals surface area contributed by atoms with Crippen LogP contribution in [0.1, 0.15) is 41.0 Å². The minimum Gasteiger partial charge on any atom is -0.395 e. The minimum atomic E-state index is 0.176. The number of fused-ring (bicyclic) bond motifs is 1. The molecule has 0 radical (unpaired) electrons. The maximum Gasteiger partial charge on any atom is 0.0535 e. The van der Waals surface area contributed by atoms with Gasteiger partial charge in [-0.05, 0) is 43.7 Å². The molecule has 0 aliphatic heterocycles. The van der Waals surface area contributed by atoms with E-state index in [0.29, 0.717) is 6.61 Å². The average Bonchev–Trinajstić information content (AvgIpc) is 2.62. The van der Waals surface area contributed by atoms with Crippen LogP contribution in [0.4, 0.5) is 0 Å². The first kappa shape index (κ1) is 8.93. The Morgan fingerprint density at radius 2 is 2.14 bits per heavy atom. The standard InChI is InChI=1S/C12H16OS/c13-8-12(5-2-6-12)11-7-9-3-1-4-10(9)14-11/h7,13H,1-6,8H2. The Labute approximate surface area is 88.8 Å². The van der Waals surface area contributed by atoms with Gasteiger partial charge in [0, 0.05) is 15.2 Å². The molecule has 76 valence electrons. The molecule has 1 aromatic rings. The van der Waals surface area contributed by atoms with Crippen molar-refractivity contribution in [2.45, 2.75) is 43.9 Å². The lowest BCUT2D eigenvalue weighted by molar-refractivity contribution is 0.123. The molecule has 2 heteroatoms. The largest absolute Gasteiger partial charge is 0.395 e. The summed E-state index contributed by atoms with van der Waals surface area (Å²) >= 11 is 1.97. The molecule has 0 spiro atoms. The zero-order valence-corrected chi connectivity index (χ0v) is 9.20. The highest BCUT2D eigenvalue weighted by Crippen LogP contribution is 2.47. The minimum absolute atomic E-state index is 0.176. The molecule has 0 amide bonds. The van der Waals surface area contributed by atoms with Crippen LogP contribution in [0.3, 0.4) is 0 Å². The summed E-state index contributed by atoms with van der Waals surface area (Å²) in [7, 11) is 0. The Morgan fingerprint density at radius 3 is 2.71 bits per heavy atom. The van der Waals surface area contributed by atoms with Gasteiger partial charge in [0.1, 0.15) is 0 Å². The van der Waals surface area contributed by atoms with E-state index in [1.54, 1.807) is 10.4 Å². The van der Waals surface area contributed by atoms with Gasteiger partial charge in [-0.1, -0.05) is 6.42 Å². The van der Waals surface area contributed by atoms with Crippen molar-refractivity contribution < 1.29 is 5.11 Å². The SMILES string of the molecule is OCC1(c2cc3c(s2)CCC3)CCC1. The molecule has 2 aliphatic rings. The molecule has 1 saturated carbocycles. The summed E-state index contributed by atoms with van der Waals surface area (Å²) in [5.74, 6) is 0. The molecule has 3 rings (SSSR count). The van der Waals surface area contributed by atoms with Crippen LogP contribution in [-0.4, -0.2) is 11.7 Å². The second-order valence-electron chi connectivity index (χ2n) is 4.70. The van der Waals surface area contributed by atoms with Gasteiger partial charge in [0.25, 0.3) is 0 Å². The highest BCUT2D eigenvalue weighted by Gasteiger charge is 2.40. The molecule has 0 aromatic carbocycles. The zero-order chi connectivity index (χ0) is 9.60. The second kappa shape index (κ2) is 3.07. The molecule has 0 saturated heterocycles. The first-order chi connectivity index (χ1) is 6.84. The van der Waals surface area contributed by atoms with Crippen molar-refractivity contribution in [1.82, 2.24) is 0 Å². The first-order valence-corrected chi connectivity index (χ1v) is 6.39. The van der Waals surface area contributed by atoms with Gasteiger partial charge in [-0.2, -0.15) is 0 Å². The van der Waals surface area contributed by atoms with E-state index in [-0.39, 0.29) is 5.41 Å². The Morgan fingerprint density at radius 1 is 1.29 bits per heavy atom. The van der Waals surface area contributed by atoms with Crippen LogP contribution in [0.25, 0.3) is 0 Å². The Hall–Kier alpha value is -0.340. The van der Waals surface area contributed by atoms with E-state index in [9.17, 15) is 5.11 Å². The lowest BCUT2D eigenvalue weighted by Crippen LogP contribution is -2.37. The summed E-state index contributed by atoms with van der Waals surface area (Å²) in [6.07, 6.45) is 7.58. The number of aryl methyl sites for hydroxylation is 2.